The maximum atomic E-state index is 12.4. The van der Waals surface area contributed by atoms with Gasteiger partial charge >= 0.3 is 6.03 Å². The number of benzene rings is 3. The van der Waals surface area contributed by atoms with Crippen molar-refractivity contribution >= 4 is 11.7 Å². The van der Waals surface area contributed by atoms with Crippen molar-refractivity contribution < 1.29 is 14.3 Å². The van der Waals surface area contributed by atoms with Gasteiger partial charge in [0.2, 0.25) is 6.79 Å². The van der Waals surface area contributed by atoms with Crippen LogP contribution < -0.4 is 20.1 Å². The van der Waals surface area contributed by atoms with Crippen molar-refractivity contribution in [2.75, 3.05) is 12.1 Å². The van der Waals surface area contributed by atoms with Gasteiger partial charge in [0.15, 0.2) is 11.5 Å². The fourth-order valence-corrected chi connectivity index (χ4v) is 2.97. The molecule has 4 rings (SSSR count). The molecule has 0 radical (unpaired) electrons. The second-order valence-electron chi connectivity index (χ2n) is 6.63. The van der Waals surface area contributed by atoms with Crippen LogP contribution in [0.5, 0.6) is 11.5 Å². The van der Waals surface area contributed by atoms with Crippen molar-refractivity contribution in [3.05, 3.63) is 89.5 Å². The maximum absolute atomic E-state index is 12.4. The third kappa shape index (κ3) is 4.69. The molecule has 5 heteroatoms. The van der Waals surface area contributed by atoms with E-state index in [9.17, 15) is 4.79 Å². The second-order valence-corrected chi connectivity index (χ2v) is 6.63. The Hall–Kier alpha value is -3.91. The number of fused-ring (bicyclic) bond motifs is 1. The van der Waals surface area contributed by atoms with Crippen LogP contribution in [0, 0.1) is 11.8 Å². The van der Waals surface area contributed by atoms with Crippen molar-refractivity contribution in [2.24, 2.45) is 0 Å². The fourth-order valence-electron chi connectivity index (χ4n) is 2.97. The molecule has 1 aliphatic heterocycles. The van der Waals surface area contributed by atoms with Crippen LogP contribution >= 0.6 is 0 Å². The summed E-state index contributed by atoms with van der Waals surface area (Å²) in [6.45, 7) is 2.14. The molecule has 1 heterocycles. The molecule has 2 N–H and O–H groups in total. The Balaban J connectivity index is 1.39. The third-order valence-corrected chi connectivity index (χ3v) is 4.49. The van der Waals surface area contributed by atoms with E-state index in [2.05, 4.69) is 22.5 Å². The number of hydrogen-bond acceptors (Lipinski definition) is 3. The van der Waals surface area contributed by atoms with Crippen molar-refractivity contribution in [3.63, 3.8) is 0 Å². The molecule has 0 aliphatic carbocycles. The van der Waals surface area contributed by atoms with Gasteiger partial charge in [0.25, 0.3) is 0 Å². The highest BCUT2D eigenvalue weighted by atomic mass is 16.7. The molecule has 5 nitrogen and oxygen atoms in total. The topological polar surface area (TPSA) is 59.6 Å². The smallest absolute Gasteiger partial charge is 0.319 e. The van der Waals surface area contributed by atoms with Gasteiger partial charge in [0.05, 0.1) is 6.04 Å². The SMILES string of the molecule is CC(NC(=O)Nc1cccc(C#Cc2ccccc2)c1)c1ccc2c(c1)OCO2. The standard InChI is InChI=1S/C24H20N2O3/c1-17(20-12-13-22-23(15-20)29-16-28-22)25-24(27)26-21-9-5-8-19(14-21)11-10-18-6-3-2-4-7-18/h2-9,12-15,17H,16H2,1H3,(H2,25,26,27). The molecule has 1 atom stereocenters. The highest BCUT2D eigenvalue weighted by Crippen LogP contribution is 2.34. The van der Waals surface area contributed by atoms with Crippen LogP contribution in [-0.4, -0.2) is 12.8 Å². The molecular formula is C24H20N2O3. The Kier molecular flexibility index (Phi) is 5.35. The minimum Gasteiger partial charge on any atom is -0.454 e. The first-order valence-electron chi connectivity index (χ1n) is 9.31. The van der Waals surface area contributed by atoms with Crippen LogP contribution in [0.15, 0.2) is 72.8 Å². The van der Waals surface area contributed by atoms with Gasteiger partial charge in [-0.05, 0) is 55.0 Å². The number of hydrogen-bond donors (Lipinski definition) is 2. The number of carbonyl (C=O) groups is 1. The average molecular weight is 384 g/mol. The van der Waals surface area contributed by atoms with Crippen molar-refractivity contribution in [1.29, 1.82) is 0 Å². The summed E-state index contributed by atoms with van der Waals surface area (Å²) in [5.74, 6) is 7.65. The van der Waals surface area contributed by atoms with Crippen LogP contribution in [0.1, 0.15) is 29.7 Å². The molecule has 2 amide bonds. The lowest BCUT2D eigenvalue weighted by atomic mass is 10.1. The zero-order valence-corrected chi connectivity index (χ0v) is 15.9. The van der Waals surface area contributed by atoms with Gasteiger partial charge in [-0.25, -0.2) is 4.79 Å². The molecule has 1 unspecified atom stereocenters. The second kappa shape index (κ2) is 8.41. The summed E-state index contributed by atoms with van der Waals surface area (Å²) in [4.78, 5) is 12.4. The van der Waals surface area contributed by atoms with Gasteiger partial charge in [-0.1, -0.05) is 42.2 Å². The Labute approximate surface area is 169 Å². The van der Waals surface area contributed by atoms with Crippen molar-refractivity contribution in [1.82, 2.24) is 5.32 Å². The van der Waals surface area contributed by atoms with E-state index >= 15 is 0 Å². The van der Waals surface area contributed by atoms with Gasteiger partial charge in [0, 0.05) is 16.8 Å². The van der Waals surface area contributed by atoms with Crippen molar-refractivity contribution in [2.45, 2.75) is 13.0 Å². The van der Waals surface area contributed by atoms with E-state index in [0.717, 1.165) is 22.4 Å². The van der Waals surface area contributed by atoms with Crippen molar-refractivity contribution in [3.8, 4) is 23.3 Å². The molecule has 0 saturated carbocycles. The Morgan fingerprint density at radius 3 is 2.52 bits per heavy atom. The van der Waals surface area contributed by atoms with Crippen LogP contribution in [-0.2, 0) is 0 Å². The zero-order chi connectivity index (χ0) is 20.1. The first-order chi connectivity index (χ1) is 14.2. The van der Waals surface area contributed by atoms with Gasteiger partial charge in [-0.15, -0.1) is 0 Å². The molecule has 3 aromatic carbocycles. The van der Waals surface area contributed by atoms with E-state index < -0.39 is 0 Å². The monoisotopic (exact) mass is 384 g/mol. The summed E-state index contributed by atoms with van der Waals surface area (Å²) < 4.78 is 10.7. The first-order valence-corrected chi connectivity index (χ1v) is 9.31. The van der Waals surface area contributed by atoms with Crippen LogP contribution in [0.2, 0.25) is 0 Å². The van der Waals surface area contributed by atoms with E-state index in [1.165, 1.54) is 0 Å². The van der Waals surface area contributed by atoms with Gasteiger partial charge in [0.1, 0.15) is 0 Å². The number of nitrogens with one attached hydrogen (secondary N) is 2. The highest BCUT2D eigenvalue weighted by molar-refractivity contribution is 5.89. The lowest BCUT2D eigenvalue weighted by Gasteiger charge is -2.15. The van der Waals surface area contributed by atoms with E-state index in [0.29, 0.717) is 11.4 Å². The molecule has 29 heavy (non-hydrogen) atoms. The first kappa shape index (κ1) is 18.5. The van der Waals surface area contributed by atoms with E-state index in [-0.39, 0.29) is 18.9 Å². The summed E-state index contributed by atoms with van der Waals surface area (Å²) in [7, 11) is 0. The number of urea groups is 1. The normalized spacial score (nSPS) is 12.4. The Morgan fingerprint density at radius 2 is 1.66 bits per heavy atom. The van der Waals surface area contributed by atoms with Crippen LogP contribution in [0.4, 0.5) is 10.5 Å². The number of anilines is 1. The summed E-state index contributed by atoms with van der Waals surface area (Å²) in [5, 5.41) is 5.79. The summed E-state index contributed by atoms with van der Waals surface area (Å²) >= 11 is 0. The average Bonchev–Trinajstić information content (AvgIpc) is 3.21. The highest BCUT2D eigenvalue weighted by Gasteiger charge is 2.16. The predicted octanol–water partition coefficient (Wildman–Crippen LogP) is 4.70. The molecule has 1 aliphatic rings. The van der Waals surface area contributed by atoms with Crippen LogP contribution in [0.25, 0.3) is 0 Å². The molecule has 144 valence electrons. The summed E-state index contributed by atoms with van der Waals surface area (Å²) in [6, 6.07) is 22.4. The molecule has 0 aromatic heterocycles. The maximum Gasteiger partial charge on any atom is 0.319 e. The minimum absolute atomic E-state index is 0.189. The van der Waals surface area contributed by atoms with E-state index in [4.69, 9.17) is 9.47 Å². The third-order valence-electron chi connectivity index (χ3n) is 4.49. The number of amides is 2. The predicted molar refractivity (Wildman–Crippen MR) is 112 cm³/mol. The quantitative estimate of drug-likeness (QED) is 0.644. The Bertz CT molecular complexity index is 1080. The zero-order valence-electron chi connectivity index (χ0n) is 15.9. The minimum atomic E-state index is -0.289. The Morgan fingerprint density at radius 1 is 0.897 bits per heavy atom. The fraction of sp³-hybridized carbons (Fsp3) is 0.125. The molecular weight excluding hydrogens is 364 g/mol. The number of rotatable bonds is 3. The largest absolute Gasteiger partial charge is 0.454 e. The summed E-state index contributed by atoms with van der Waals surface area (Å²) in [6.07, 6.45) is 0. The van der Waals surface area contributed by atoms with Crippen LogP contribution in [0.3, 0.4) is 0 Å². The molecule has 0 spiro atoms. The molecule has 0 saturated heterocycles. The lowest BCUT2D eigenvalue weighted by Crippen LogP contribution is -2.31. The van der Waals surface area contributed by atoms with Gasteiger partial charge < -0.3 is 20.1 Å². The van der Waals surface area contributed by atoms with E-state index in [1.54, 1.807) is 0 Å². The molecule has 0 fully saturated rings. The number of ether oxygens (including phenoxy) is 2. The summed E-state index contributed by atoms with van der Waals surface area (Å²) in [5.41, 5.74) is 3.39. The lowest BCUT2D eigenvalue weighted by molar-refractivity contribution is 0.174. The number of carbonyl (C=O) groups excluding carboxylic acids is 1. The molecule has 3 aromatic rings. The van der Waals surface area contributed by atoms with Gasteiger partial charge in [-0.3, -0.25) is 0 Å². The van der Waals surface area contributed by atoms with Gasteiger partial charge in [-0.2, -0.15) is 0 Å². The molecule has 0 bridgehead atoms. The van der Waals surface area contributed by atoms with E-state index in [1.807, 2.05) is 79.7 Å².